The standard InChI is InChI=1S/C10H12BrNO4S/c1-2-16-10(13)3-7(5-12(14)15)9-4-8(11)6-17-9/h4,6-7H,2-3,5H2,1H3. The molecule has 0 N–H and O–H groups in total. The summed E-state index contributed by atoms with van der Waals surface area (Å²) in [5, 5.41) is 12.4. The lowest BCUT2D eigenvalue weighted by Crippen LogP contribution is -2.17. The molecule has 0 aliphatic carbocycles. The van der Waals surface area contributed by atoms with E-state index in [1.807, 2.05) is 5.38 Å². The second-order valence-electron chi connectivity index (χ2n) is 3.39. The molecule has 0 aliphatic rings. The fourth-order valence-corrected chi connectivity index (χ4v) is 2.94. The number of nitro groups is 1. The third kappa shape index (κ3) is 4.82. The predicted octanol–water partition coefficient (Wildman–Crippen LogP) is 2.82. The molecule has 0 bridgehead atoms. The average Bonchev–Trinajstić information content (AvgIpc) is 2.63. The molecule has 7 heteroatoms. The molecule has 1 heterocycles. The Labute approximate surface area is 111 Å². The van der Waals surface area contributed by atoms with Crippen LogP contribution in [0.1, 0.15) is 24.1 Å². The van der Waals surface area contributed by atoms with E-state index >= 15 is 0 Å². The summed E-state index contributed by atoms with van der Waals surface area (Å²) >= 11 is 4.69. The molecule has 17 heavy (non-hydrogen) atoms. The minimum Gasteiger partial charge on any atom is -0.466 e. The molecule has 1 aromatic heterocycles. The van der Waals surface area contributed by atoms with E-state index in [-0.39, 0.29) is 19.6 Å². The lowest BCUT2D eigenvalue weighted by molar-refractivity contribution is -0.483. The molecule has 0 saturated heterocycles. The van der Waals surface area contributed by atoms with Crippen molar-refractivity contribution in [3.8, 4) is 0 Å². The van der Waals surface area contributed by atoms with E-state index in [1.54, 1.807) is 13.0 Å². The molecule has 0 aliphatic heterocycles. The molecule has 0 spiro atoms. The number of rotatable bonds is 6. The first kappa shape index (κ1) is 14.1. The molecule has 0 radical (unpaired) electrons. The van der Waals surface area contributed by atoms with Gasteiger partial charge < -0.3 is 4.74 Å². The number of carbonyl (C=O) groups excluding carboxylic acids is 1. The van der Waals surface area contributed by atoms with Gasteiger partial charge in [-0.25, -0.2) is 0 Å². The topological polar surface area (TPSA) is 69.4 Å². The molecular weight excluding hydrogens is 310 g/mol. The Hall–Kier alpha value is -0.950. The van der Waals surface area contributed by atoms with Gasteiger partial charge in [0.25, 0.3) is 0 Å². The number of carbonyl (C=O) groups is 1. The van der Waals surface area contributed by atoms with Gasteiger partial charge >= 0.3 is 5.97 Å². The third-order valence-corrected chi connectivity index (χ3v) is 3.93. The first-order chi connectivity index (χ1) is 8.02. The third-order valence-electron chi connectivity index (χ3n) is 2.08. The van der Waals surface area contributed by atoms with Crippen LogP contribution in [-0.2, 0) is 9.53 Å². The molecule has 1 atom stereocenters. The van der Waals surface area contributed by atoms with Gasteiger partial charge in [-0.3, -0.25) is 14.9 Å². The van der Waals surface area contributed by atoms with Gasteiger partial charge in [0.2, 0.25) is 6.54 Å². The zero-order valence-electron chi connectivity index (χ0n) is 9.22. The first-order valence-electron chi connectivity index (χ1n) is 5.04. The maximum absolute atomic E-state index is 11.4. The van der Waals surface area contributed by atoms with Crippen LogP contribution < -0.4 is 0 Å². The first-order valence-corrected chi connectivity index (χ1v) is 6.71. The average molecular weight is 322 g/mol. The van der Waals surface area contributed by atoms with Crippen molar-refractivity contribution in [2.45, 2.75) is 19.3 Å². The highest BCUT2D eigenvalue weighted by atomic mass is 79.9. The van der Waals surface area contributed by atoms with E-state index in [2.05, 4.69) is 15.9 Å². The number of thiophene rings is 1. The summed E-state index contributed by atoms with van der Waals surface area (Å²) in [5.41, 5.74) is 0. The van der Waals surface area contributed by atoms with Crippen molar-refractivity contribution in [2.24, 2.45) is 0 Å². The Bertz CT molecular complexity index is 407. The Kier molecular flexibility index (Phi) is 5.57. The minimum absolute atomic E-state index is 0.0434. The summed E-state index contributed by atoms with van der Waals surface area (Å²) in [7, 11) is 0. The molecule has 0 fully saturated rings. The number of esters is 1. The zero-order valence-corrected chi connectivity index (χ0v) is 11.6. The maximum Gasteiger partial charge on any atom is 0.306 e. The molecule has 0 amide bonds. The van der Waals surface area contributed by atoms with Gasteiger partial charge in [-0.15, -0.1) is 11.3 Å². The Morgan fingerprint density at radius 1 is 1.71 bits per heavy atom. The minimum atomic E-state index is -0.416. The van der Waals surface area contributed by atoms with Crippen LogP contribution in [0, 0.1) is 10.1 Å². The second-order valence-corrected chi connectivity index (χ2v) is 5.25. The van der Waals surface area contributed by atoms with Crippen molar-refractivity contribution in [3.05, 3.63) is 30.9 Å². The molecule has 5 nitrogen and oxygen atoms in total. The molecule has 94 valence electrons. The van der Waals surface area contributed by atoms with Crippen molar-refractivity contribution in [2.75, 3.05) is 13.2 Å². The van der Waals surface area contributed by atoms with Crippen molar-refractivity contribution in [1.29, 1.82) is 0 Å². The van der Waals surface area contributed by atoms with E-state index in [4.69, 9.17) is 4.74 Å². The van der Waals surface area contributed by atoms with Gasteiger partial charge in [-0.1, -0.05) is 0 Å². The molecule has 1 rings (SSSR count). The zero-order chi connectivity index (χ0) is 12.8. The van der Waals surface area contributed by atoms with Crippen LogP contribution in [0.25, 0.3) is 0 Å². The Balaban J connectivity index is 2.73. The highest BCUT2D eigenvalue weighted by Gasteiger charge is 2.23. The summed E-state index contributed by atoms with van der Waals surface area (Å²) in [5.74, 6) is -0.816. The lowest BCUT2D eigenvalue weighted by Gasteiger charge is -2.09. The van der Waals surface area contributed by atoms with Crippen molar-refractivity contribution < 1.29 is 14.5 Å². The van der Waals surface area contributed by atoms with Gasteiger partial charge in [0.05, 0.1) is 18.9 Å². The predicted molar refractivity (Wildman–Crippen MR) is 67.9 cm³/mol. The summed E-state index contributed by atoms with van der Waals surface area (Å²) in [6, 6.07) is 1.80. The monoisotopic (exact) mass is 321 g/mol. The van der Waals surface area contributed by atoms with Gasteiger partial charge in [0.15, 0.2) is 0 Å². The van der Waals surface area contributed by atoms with Gasteiger partial charge in [-0.05, 0) is 28.9 Å². The van der Waals surface area contributed by atoms with Crippen LogP contribution in [-0.4, -0.2) is 24.0 Å². The summed E-state index contributed by atoms with van der Waals surface area (Å²) in [6.45, 7) is 1.74. The van der Waals surface area contributed by atoms with Crippen LogP contribution in [0.15, 0.2) is 15.9 Å². The smallest absolute Gasteiger partial charge is 0.306 e. The van der Waals surface area contributed by atoms with E-state index < -0.39 is 16.8 Å². The molecule has 1 unspecified atom stereocenters. The summed E-state index contributed by atoms with van der Waals surface area (Å²) in [6.07, 6.45) is 0.0434. The van der Waals surface area contributed by atoms with E-state index in [0.29, 0.717) is 0 Å². The largest absolute Gasteiger partial charge is 0.466 e. The van der Waals surface area contributed by atoms with Gasteiger partial charge in [0.1, 0.15) is 0 Å². The van der Waals surface area contributed by atoms with Crippen molar-refractivity contribution in [3.63, 3.8) is 0 Å². The number of hydrogen-bond acceptors (Lipinski definition) is 5. The van der Waals surface area contributed by atoms with Crippen molar-refractivity contribution >= 4 is 33.2 Å². The number of nitrogens with zero attached hydrogens (tertiary/aromatic N) is 1. The van der Waals surface area contributed by atoms with Crippen LogP contribution in [0.5, 0.6) is 0 Å². The maximum atomic E-state index is 11.4. The molecular formula is C10H12BrNO4S. The number of ether oxygens (including phenoxy) is 1. The van der Waals surface area contributed by atoms with E-state index in [9.17, 15) is 14.9 Å². The number of hydrogen-bond donors (Lipinski definition) is 0. The fourth-order valence-electron chi connectivity index (χ4n) is 1.40. The van der Waals surface area contributed by atoms with Crippen LogP contribution in [0.3, 0.4) is 0 Å². The Morgan fingerprint density at radius 3 is 2.88 bits per heavy atom. The fraction of sp³-hybridized carbons (Fsp3) is 0.500. The molecule has 1 aromatic rings. The molecule has 0 saturated carbocycles. The summed E-state index contributed by atoms with van der Waals surface area (Å²) < 4.78 is 5.68. The SMILES string of the molecule is CCOC(=O)CC(C[N+](=O)[O-])c1cc(Br)cs1. The second kappa shape index (κ2) is 6.70. The van der Waals surface area contributed by atoms with Gasteiger partial charge in [-0.2, -0.15) is 0 Å². The summed E-state index contributed by atoms with van der Waals surface area (Å²) in [4.78, 5) is 22.4. The van der Waals surface area contributed by atoms with Crippen molar-refractivity contribution in [1.82, 2.24) is 0 Å². The highest BCUT2D eigenvalue weighted by molar-refractivity contribution is 9.10. The quantitative estimate of drug-likeness (QED) is 0.459. The van der Waals surface area contributed by atoms with Crippen LogP contribution >= 0.6 is 27.3 Å². The van der Waals surface area contributed by atoms with E-state index in [1.165, 1.54) is 11.3 Å². The number of halogens is 1. The van der Waals surface area contributed by atoms with Gasteiger partial charge in [0, 0.05) is 19.7 Å². The molecule has 0 aromatic carbocycles. The Morgan fingerprint density at radius 2 is 2.41 bits per heavy atom. The highest BCUT2D eigenvalue weighted by Crippen LogP contribution is 2.29. The normalized spacial score (nSPS) is 12.1. The lowest BCUT2D eigenvalue weighted by atomic mass is 10.0. The van der Waals surface area contributed by atoms with E-state index in [0.717, 1.165) is 9.35 Å². The van der Waals surface area contributed by atoms with Crippen LogP contribution in [0.4, 0.5) is 0 Å². The van der Waals surface area contributed by atoms with Crippen LogP contribution in [0.2, 0.25) is 0 Å².